The Morgan fingerprint density at radius 3 is 2.52 bits per heavy atom. The molecule has 1 aromatic carbocycles. The summed E-state index contributed by atoms with van der Waals surface area (Å²) in [6, 6.07) is 6.72. The number of rotatable bonds is 2. The van der Waals surface area contributed by atoms with Gasteiger partial charge in [-0.25, -0.2) is 0 Å². The molecule has 0 amide bonds. The molecule has 0 atom stereocenters. The van der Waals surface area contributed by atoms with Gasteiger partial charge in [-0.05, 0) is 49.7 Å². The van der Waals surface area contributed by atoms with Gasteiger partial charge in [0.05, 0.1) is 0 Å². The molecule has 0 bridgehead atoms. The first-order valence-corrected chi connectivity index (χ1v) is 9.48. The smallest absolute Gasteiger partial charge is 0.169 e. The lowest BCUT2D eigenvalue weighted by Crippen LogP contribution is -2.53. The number of aryl methyl sites for hydroxylation is 1. The number of hydrogen-bond acceptors (Lipinski definition) is 2. The molecule has 3 rings (SSSR count). The fourth-order valence-corrected chi connectivity index (χ4v) is 4.10. The molecular formula is C18H26ClN3S. The number of nitrogens with zero attached hydrogens (tertiary/aromatic N) is 2. The molecule has 3 nitrogen and oxygen atoms in total. The van der Waals surface area contributed by atoms with Gasteiger partial charge in [-0.1, -0.05) is 36.9 Å². The first kappa shape index (κ1) is 16.8. The second-order valence-corrected chi connectivity index (χ2v) is 7.51. The maximum absolute atomic E-state index is 6.16. The average Bonchev–Trinajstić information content (AvgIpc) is 2.58. The molecule has 0 spiro atoms. The highest BCUT2D eigenvalue weighted by atomic mass is 35.5. The Kier molecular flexibility index (Phi) is 5.65. The van der Waals surface area contributed by atoms with Gasteiger partial charge in [-0.2, -0.15) is 0 Å². The number of anilines is 1. The first-order chi connectivity index (χ1) is 11.1. The SMILES string of the molecule is Cc1ccc(Cl)cc1N1CCN(C(=S)NC2CCCCC2)CC1. The van der Waals surface area contributed by atoms with Crippen molar-refractivity contribution in [3.05, 3.63) is 28.8 Å². The topological polar surface area (TPSA) is 18.5 Å². The molecular weight excluding hydrogens is 326 g/mol. The van der Waals surface area contributed by atoms with E-state index in [1.54, 1.807) is 0 Å². The molecule has 2 aliphatic rings. The molecule has 126 valence electrons. The molecule has 0 unspecified atom stereocenters. The summed E-state index contributed by atoms with van der Waals surface area (Å²) in [5, 5.41) is 5.33. The third kappa shape index (κ3) is 4.30. The lowest BCUT2D eigenvalue weighted by Gasteiger charge is -2.39. The highest BCUT2D eigenvalue weighted by Crippen LogP contribution is 2.25. The van der Waals surface area contributed by atoms with E-state index in [0.29, 0.717) is 6.04 Å². The third-order valence-corrected chi connectivity index (χ3v) is 5.62. The fraction of sp³-hybridized carbons (Fsp3) is 0.611. The zero-order valence-corrected chi connectivity index (χ0v) is 15.4. The van der Waals surface area contributed by atoms with Gasteiger partial charge in [-0.3, -0.25) is 0 Å². The summed E-state index contributed by atoms with van der Waals surface area (Å²) in [7, 11) is 0. The van der Waals surface area contributed by atoms with E-state index in [0.717, 1.165) is 36.3 Å². The van der Waals surface area contributed by atoms with Crippen molar-refractivity contribution in [2.75, 3.05) is 31.1 Å². The number of benzene rings is 1. The summed E-state index contributed by atoms with van der Waals surface area (Å²) < 4.78 is 0. The van der Waals surface area contributed by atoms with Crippen LogP contribution in [0.4, 0.5) is 5.69 Å². The van der Waals surface area contributed by atoms with E-state index >= 15 is 0 Å². The molecule has 1 N–H and O–H groups in total. The largest absolute Gasteiger partial charge is 0.368 e. The van der Waals surface area contributed by atoms with E-state index in [-0.39, 0.29) is 0 Å². The van der Waals surface area contributed by atoms with Crippen molar-refractivity contribution >= 4 is 34.6 Å². The normalized spacial score (nSPS) is 19.7. The van der Waals surface area contributed by atoms with Crippen LogP contribution in [0.2, 0.25) is 5.02 Å². The first-order valence-electron chi connectivity index (χ1n) is 8.70. The Morgan fingerprint density at radius 1 is 1.13 bits per heavy atom. The number of nitrogens with one attached hydrogen (secondary N) is 1. The summed E-state index contributed by atoms with van der Waals surface area (Å²) in [5.74, 6) is 0. The Balaban J connectivity index is 1.53. The quantitative estimate of drug-likeness (QED) is 0.812. The van der Waals surface area contributed by atoms with Crippen LogP contribution in [0, 0.1) is 6.92 Å². The second kappa shape index (κ2) is 7.71. The molecule has 23 heavy (non-hydrogen) atoms. The second-order valence-electron chi connectivity index (χ2n) is 6.69. The third-order valence-electron chi connectivity index (χ3n) is 5.01. The van der Waals surface area contributed by atoms with Crippen LogP contribution in [0.3, 0.4) is 0 Å². The Morgan fingerprint density at radius 2 is 1.83 bits per heavy atom. The maximum atomic E-state index is 6.16. The monoisotopic (exact) mass is 351 g/mol. The van der Waals surface area contributed by atoms with Gasteiger partial charge in [0.2, 0.25) is 0 Å². The zero-order chi connectivity index (χ0) is 16.2. The average molecular weight is 352 g/mol. The van der Waals surface area contributed by atoms with Crippen molar-refractivity contribution in [3.63, 3.8) is 0 Å². The molecule has 1 heterocycles. The summed E-state index contributed by atoms with van der Waals surface area (Å²) >= 11 is 11.8. The molecule has 0 aromatic heterocycles. The van der Waals surface area contributed by atoms with Crippen LogP contribution < -0.4 is 10.2 Å². The van der Waals surface area contributed by atoms with Gasteiger partial charge in [-0.15, -0.1) is 0 Å². The van der Waals surface area contributed by atoms with Gasteiger partial charge in [0.25, 0.3) is 0 Å². The van der Waals surface area contributed by atoms with E-state index < -0.39 is 0 Å². The van der Waals surface area contributed by atoms with E-state index in [1.165, 1.54) is 43.4 Å². The van der Waals surface area contributed by atoms with E-state index in [9.17, 15) is 0 Å². The van der Waals surface area contributed by atoms with Gasteiger partial charge < -0.3 is 15.1 Å². The Labute approximate surface area is 150 Å². The molecule has 5 heteroatoms. The number of thiocarbonyl (C=S) groups is 1. The van der Waals surface area contributed by atoms with Crippen LogP contribution in [0.15, 0.2) is 18.2 Å². The maximum Gasteiger partial charge on any atom is 0.169 e. The zero-order valence-electron chi connectivity index (χ0n) is 13.9. The van der Waals surface area contributed by atoms with Crippen LogP contribution >= 0.6 is 23.8 Å². The van der Waals surface area contributed by atoms with Gasteiger partial charge in [0.15, 0.2) is 5.11 Å². The Hall–Kier alpha value is -1.00. The minimum atomic E-state index is 0.587. The number of halogens is 1. The van der Waals surface area contributed by atoms with Crippen molar-refractivity contribution in [1.82, 2.24) is 10.2 Å². The minimum Gasteiger partial charge on any atom is -0.368 e. The lowest BCUT2D eigenvalue weighted by molar-refractivity contribution is 0.355. The molecule has 2 fully saturated rings. The lowest BCUT2D eigenvalue weighted by atomic mass is 9.96. The van der Waals surface area contributed by atoms with E-state index in [2.05, 4.69) is 34.2 Å². The summed E-state index contributed by atoms with van der Waals surface area (Å²) in [6.45, 7) is 6.09. The summed E-state index contributed by atoms with van der Waals surface area (Å²) in [6.07, 6.45) is 6.58. The predicted octanol–water partition coefficient (Wildman–Crippen LogP) is 3.98. The van der Waals surface area contributed by atoms with Gasteiger partial charge in [0, 0.05) is 42.9 Å². The highest BCUT2D eigenvalue weighted by molar-refractivity contribution is 7.80. The van der Waals surface area contributed by atoms with Crippen LogP contribution in [-0.4, -0.2) is 42.2 Å². The van der Waals surface area contributed by atoms with Crippen LogP contribution in [0.25, 0.3) is 0 Å². The van der Waals surface area contributed by atoms with E-state index in [1.807, 2.05) is 6.07 Å². The molecule has 1 aliphatic carbocycles. The van der Waals surface area contributed by atoms with Gasteiger partial charge >= 0.3 is 0 Å². The molecule has 1 aliphatic heterocycles. The minimum absolute atomic E-state index is 0.587. The van der Waals surface area contributed by atoms with E-state index in [4.69, 9.17) is 23.8 Å². The van der Waals surface area contributed by atoms with Crippen LogP contribution in [-0.2, 0) is 0 Å². The standard InChI is InChI=1S/C18H26ClN3S/c1-14-7-8-15(19)13-17(14)21-9-11-22(12-10-21)18(23)20-16-5-3-2-4-6-16/h7-8,13,16H,2-6,9-12H2,1H3,(H,20,23). The van der Waals surface area contributed by atoms with Crippen LogP contribution in [0.5, 0.6) is 0 Å². The van der Waals surface area contributed by atoms with Crippen molar-refractivity contribution in [3.8, 4) is 0 Å². The summed E-state index contributed by atoms with van der Waals surface area (Å²) in [5.41, 5.74) is 2.54. The molecule has 1 saturated carbocycles. The van der Waals surface area contributed by atoms with Crippen LogP contribution in [0.1, 0.15) is 37.7 Å². The fourth-order valence-electron chi connectivity index (χ4n) is 3.59. The Bertz CT molecular complexity index is 549. The highest BCUT2D eigenvalue weighted by Gasteiger charge is 2.22. The molecule has 1 saturated heterocycles. The summed E-state index contributed by atoms with van der Waals surface area (Å²) in [4.78, 5) is 4.74. The van der Waals surface area contributed by atoms with Crippen molar-refractivity contribution in [2.24, 2.45) is 0 Å². The molecule has 0 radical (unpaired) electrons. The number of hydrogen-bond donors (Lipinski definition) is 1. The van der Waals surface area contributed by atoms with Crippen molar-refractivity contribution in [2.45, 2.75) is 45.1 Å². The predicted molar refractivity (Wildman–Crippen MR) is 103 cm³/mol. The molecule has 1 aromatic rings. The van der Waals surface area contributed by atoms with Crippen molar-refractivity contribution in [1.29, 1.82) is 0 Å². The van der Waals surface area contributed by atoms with Gasteiger partial charge in [0.1, 0.15) is 0 Å². The van der Waals surface area contributed by atoms with Crippen molar-refractivity contribution < 1.29 is 0 Å². The number of piperazine rings is 1.